The summed E-state index contributed by atoms with van der Waals surface area (Å²) < 4.78 is 0. The lowest BCUT2D eigenvalue weighted by molar-refractivity contribution is 0.0697. The second-order valence-electron chi connectivity index (χ2n) is 5.92. The molecule has 3 rings (SSSR count). The number of carboxylic acid groups (broad SMARTS) is 1. The Morgan fingerprint density at radius 2 is 1.95 bits per heavy atom. The topological polar surface area (TPSA) is 40.5 Å². The van der Waals surface area contributed by atoms with Gasteiger partial charge in [-0.15, -0.1) is 0 Å². The number of nitrogens with zero attached hydrogens (tertiary/aromatic N) is 1. The Morgan fingerprint density at radius 1 is 1.20 bits per heavy atom. The first-order valence-corrected chi connectivity index (χ1v) is 7.84. The Hall–Kier alpha value is -1.22. The first-order valence-electron chi connectivity index (χ1n) is 7.46. The summed E-state index contributed by atoms with van der Waals surface area (Å²) in [6.07, 6.45) is 7.86. The van der Waals surface area contributed by atoms with E-state index in [2.05, 4.69) is 4.90 Å². The van der Waals surface area contributed by atoms with Gasteiger partial charge >= 0.3 is 5.97 Å². The van der Waals surface area contributed by atoms with Crippen molar-refractivity contribution >= 4 is 23.3 Å². The molecular formula is C16H20ClNO2. The lowest BCUT2D eigenvalue weighted by Crippen LogP contribution is -2.34. The van der Waals surface area contributed by atoms with Crippen molar-refractivity contribution in [1.82, 2.24) is 0 Å². The maximum Gasteiger partial charge on any atom is 0.337 e. The van der Waals surface area contributed by atoms with E-state index in [4.69, 9.17) is 16.7 Å². The predicted octanol–water partition coefficient (Wildman–Crippen LogP) is 4.20. The van der Waals surface area contributed by atoms with Gasteiger partial charge in [0.1, 0.15) is 0 Å². The van der Waals surface area contributed by atoms with Gasteiger partial charge in [-0.25, -0.2) is 4.79 Å². The number of hydrogen-bond donors (Lipinski definition) is 1. The highest BCUT2D eigenvalue weighted by molar-refractivity contribution is 6.33. The van der Waals surface area contributed by atoms with Gasteiger partial charge in [0, 0.05) is 18.3 Å². The molecule has 1 aliphatic carbocycles. The average Bonchev–Trinajstić information content (AvgIpc) is 3.09. The Morgan fingerprint density at radius 3 is 2.60 bits per heavy atom. The third-order valence-electron chi connectivity index (χ3n) is 4.76. The molecule has 1 aromatic carbocycles. The zero-order valence-electron chi connectivity index (χ0n) is 11.5. The normalized spacial score (nSPS) is 23.4. The molecule has 1 saturated carbocycles. The second-order valence-corrected chi connectivity index (χ2v) is 6.32. The fourth-order valence-electron chi connectivity index (χ4n) is 3.80. The van der Waals surface area contributed by atoms with Crippen LogP contribution in [0.25, 0.3) is 0 Å². The van der Waals surface area contributed by atoms with Crippen molar-refractivity contribution in [3.63, 3.8) is 0 Å². The largest absolute Gasteiger partial charge is 0.478 e. The van der Waals surface area contributed by atoms with E-state index in [1.54, 1.807) is 6.07 Å². The van der Waals surface area contributed by atoms with E-state index < -0.39 is 5.97 Å². The zero-order valence-corrected chi connectivity index (χ0v) is 12.3. The van der Waals surface area contributed by atoms with Crippen molar-refractivity contribution in [2.45, 2.75) is 44.6 Å². The Labute approximate surface area is 124 Å². The molecule has 0 radical (unpaired) electrons. The number of hydrogen-bond acceptors (Lipinski definition) is 2. The van der Waals surface area contributed by atoms with Crippen molar-refractivity contribution in [3.8, 4) is 0 Å². The van der Waals surface area contributed by atoms with Crippen molar-refractivity contribution in [3.05, 3.63) is 28.8 Å². The minimum atomic E-state index is -0.963. The number of carbonyl (C=O) groups is 1. The highest BCUT2D eigenvalue weighted by Crippen LogP contribution is 2.38. The second kappa shape index (κ2) is 5.65. The van der Waals surface area contributed by atoms with Gasteiger partial charge in [-0.05, 0) is 49.8 Å². The van der Waals surface area contributed by atoms with Crippen LogP contribution in [0.4, 0.5) is 5.69 Å². The molecule has 1 N–H and O–H groups in total. The Kier molecular flexibility index (Phi) is 3.88. The van der Waals surface area contributed by atoms with E-state index >= 15 is 0 Å². The summed E-state index contributed by atoms with van der Waals surface area (Å²) in [7, 11) is 0. The van der Waals surface area contributed by atoms with Crippen LogP contribution in [0.3, 0.4) is 0 Å². The van der Waals surface area contributed by atoms with Crippen molar-refractivity contribution < 1.29 is 9.90 Å². The Balaban J connectivity index is 1.84. The van der Waals surface area contributed by atoms with E-state index in [1.807, 2.05) is 12.1 Å². The van der Waals surface area contributed by atoms with Crippen LogP contribution in [0.15, 0.2) is 18.2 Å². The lowest BCUT2D eigenvalue weighted by atomic mass is 9.95. The van der Waals surface area contributed by atoms with E-state index in [-0.39, 0.29) is 5.56 Å². The summed E-state index contributed by atoms with van der Waals surface area (Å²) in [6.45, 7) is 1.06. The predicted molar refractivity (Wildman–Crippen MR) is 80.7 cm³/mol. The van der Waals surface area contributed by atoms with Gasteiger partial charge in [-0.1, -0.05) is 24.4 Å². The molecule has 4 heteroatoms. The molecule has 0 bridgehead atoms. The lowest BCUT2D eigenvalue weighted by Gasteiger charge is -2.31. The van der Waals surface area contributed by atoms with Gasteiger partial charge in [0.25, 0.3) is 0 Å². The van der Waals surface area contributed by atoms with Gasteiger partial charge in [0.15, 0.2) is 0 Å². The average molecular weight is 294 g/mol. The SMILES string of the molecule is O=C(O)c1ccc(N2CCCC2C2CCCC2)cc1Cl. The van der Waals surface area contributed by atoms with Crippen LogP contribution in [-0.4, -0.2) is 23.7 Å². The molecule has 3 nitrogen and oxygen atoms in total. The molecule has 108 valence electrons. The molecule has 0 aromatic heterocycles. The number of benzene rings is 1. The van der Waals surface area contributed by atoms with Crippen LogP contribution in [-0.2, 0) is 0 Å². The smallest absolute Gasteiger partial charge is 0.337 e. The van der Waals surface area contributed by atoms with E-state index in [9.17, 15) is 4.79 Å². The molecule has 1 aromatic rings. The number of carboxylic acids is 1. The van der Waals surface area contributed by atoms with Gasteiger partial charge in [-0.2, -0.15) is 0 Å². The van der Waals surface area contributed by atoms with Crippen molar-refractivity contribution in [1.29, 1.82) is 0 Å². The van der Waals surface area contributed by atoms with Crippen LogP contribution in [0.5, 0.6) is 0 Å². The van der Waals surface area contributed by atoms with Gasteiger partial charge < -0.3 is 10.0 Å². The van der Waals surface area contributed by atoms with Gasteiger partial charge in [0.05, 0.1) is 10.6 Å². The summed E-state index contributed by atoms with van der Waals surface area (Å²) in [6, 6.07) is 5.97. The molecule has 1 saturated heterocycles. The molecule has 2 aliphatic rings. The quantitative estimate of drug-likeness (QED) is 0.908. The molecule has 1 heterocycles. The molecule has 0 spiro atoms. The fourth-order valence-corrected chi connectivity index (χ4v) is 4.06. The maximum absolute atomic E-state index is 11.0. The highest BCUT2D eigenvalue weighted by Gasteiger charge is 2.33. The maximum atomic E-state index is 11.0. The molecule has 1 aliphatic heterocycles. The van der Waals surface area contributed by atoms with Crippen molar-refractivity contribution in [2.24, 2.45) is 5.92 Å². The van der Waals surface area contributed by atoms with E-state index in [0.717, 1.165) is 18.2 Å². The summed E-state index contributed by atoms with van der Waals surface area (Å²) in [5.74, 6) is -0.161. The third-order valence-corrected chi connectivity index (χ3v) is 5.07. The van der Waals surface area contributed by atoms with E-state index in [0.29, 0.717) is 11.1 Å². The molecule has 1 atom stereocenters. The summed E-state index contributed by atoms with van der Waals surface area (Å²) in [4.78, 5) is 13.5. The molecule has 0 amide bonds. The molecule has 2 fully saturated rings. The zero-order chi connectivity index (χ0) is 14.1. The first-order chi connectivity index (χ1) is 9.66. The number of rotatable bonds is 3. The monoisotopic (exact) mass is 293 g/mol. The van der Waals surface area contributed by atoms with Crippen LogP contribution in [0, 0.1) is 5.92 Å². The van der Waals surface area contributed by atoms with E-state index in [1.165, 1.54) is 38.5 Å². The Bertz CT molecular complexity index is 511. The van der Waals surface area contributed by atoms with Gasteiger partial charge in [-0.3, -0.25) is 0 Å². The standard InChI is InChI=1S/C16H20ClNO2/c17-14-10-12(7-8-13(14)16(19)20)18-9-3-6-15(18)11-4-1-2-5-11/h7-8,10-11,15H,1-6,9H2,(H,19,20). The number of anilines is 1. The molecule has 20 heavy (non-hydrogen) atoms. The summed E-state index contributed by atoms with van der Waals surface area (Å²) in [5, 5.41) is 9.39. The van der Waals surface area contributed by atoms with Crippen LogP contribution in [0.1, 0.15) is 48.9 Å². The van der Waals surface area contributed by atoms with Crippen LogP contribution in [0.2, 0.25) is 5.02 Å². The highest BCUT2D eigenvalue weighted by atomic mass is 35.5. The number of aromatic carboxylic acids is 1. The van der Waals surface area contributed by atoms with Crippen LogP contribution >= 0.6 is 11.6 Å². The minimum Gasteiger partial charge on any atom is -0.478 e. The summed E-state index contributed by atoms with van der Waals surface area (Å²) >= 11 is 6.10. The first kappa shape index (κ1) is 13.7. The fraction of sp³-hybridized carbons (Fsp3) is 0.562. The number of halogens is 1. The third kappa shape index (κ3) is 2.51. The van der Waals surface area contributed by atoms with Gasteiger partial charge in [0.2, 0.25) is 0 Å². The molecule has 1 unspecified atom stereocenters. The van der Waals surface area contributed by atoms with Crippen LogP contribution < -0.4 is 4.90 Å². The summed E-state index contributed by atoms with van der Waals surface area (Å²) in [5.41, 5.74) is 1.27. The van der Waals surface area contributed by atoms with Crippen molar-refractivity contribution in [2.75, 3.05) is 11.4 Å². The molecular weight excluding hydrogens is 274 g/mol. The minimum absolute atomic E-state index is 0.187.